The summed E-state index contributed by atoms with van der Waals surface area (Å²) in [5.74, 6) is 0.763. The second-order valence-electron chi connectivity index (χ2n) is 6.08. The van der Waals surface area contributed by atoms with Crippen LogP contribution >= 0.6 is 0 Å². The number of hydrogen-bond donors (Lipinski definition) is 0. The number of carbonyl (C=O) groups excluding carboxylic acids is 1. The largest absolute Gasteiger partial charge is 0.494 e. The number of rotatable bonds is 6. The molecule has 0 atom stereocenters. The van der Waals surface area contributed by atoms with Crippen molar-refractivity contribution in [1.82, 2.24) is 4.90 Å². The summed E-state index contributed by atoms with van der Waals surface area (Å²) in [6.07, 6.45) is 1.17. The third kappa shape index (κ3) is 4.72. The number of para-hydroxylation sites is 2. The van der Waals surface area contributed by atoms with Gasteiger partial charge in [0.1, 0.15) is 11.6 Å². The molecule has 0 aromatic heterocycles. The Bertz CT molecular complexity index is 685. The van der Waals surface area contributed by atoms with Gasteiger partial charge in [-0.15, -0.1) is 0 Å². The lowest BCUT2D eigenvalue weighted by Gasteiger charge is -2.36. The topological polar surface area (TPSA) is 32.8 Å². The van der Waals surface area contributed by atoms with Crippen molar-refractivity contribution in [2.75, 3.05) is 37.7 Å². The molecule has 0 aliphatic carbocycles. The van der Waals surface area contributed by atoms with E-state index in [9.17, 15) is 9.18 Å². The molecule has 0 bridgehead atoms. The zero-order valence-electron chi connectivity index (χ0n) is 14.2. The van der Waals surface area contributed by atoms with Crippen LogP contribution in [0.1, 0.15) is 12.8 Å². The van der Waals surface area contributed by atoms with Gasteiger partial charge in [0.15, 0.2) is 0 Å². The molecule has 1 heterocycles. The summed E-state index contributed by atoms with van der Waals surface area (Å²) in [5, 5.41) is 0. The molecule has 0 N–H and O–H groups in total. The van der Waals surface area contributed by atoms with Crippen molar-refractivity contribution >= 4 is 11.6 Å². The summed E-state index contributed by atoms with van der Waals surface area (Å²) < 4.78 is 19.5. The van der Waals surface area contributed by atoms with E-state index in [0.717, 1.165) is 5.75 Å². The van der Waals surface area contributed by atoms with Crippen LogP contribution in [0.25, 0.3) is 0 Å². The number of halogens is 1. The zero-order valence-corrected chi connectivity index (χ0v) is 14.2. The first-order chi connectivity index (χ1) is 12.2. The van der Waals surface area contributed by atoms with Crippen molar-refractivity contribution in [2.45, 2.75) is 12.8 Å². The minimum atomic E-state index is -0.208. The Hall–Kier alpha value is -2.56. The summed E-state index contributed by atoms with van der Waals surface area (Å²) in [6.45, 7) is 3.12. The summed E-state index contributed by atoms with van der Waals surface area (Å²) >= 11 is 0. The van der Waals surface area contributed by atoms with Crippen molar-refractivity contribution in [1.29, 1.82) is 0 Å². The van der Waals surface area contributed by atoms with Gasteiger partial charge in [0.25, 0.3) is 0 Å². The first-order valence-electron chi connectivity index (χ1n) is 8.69. The predicted molar refractivity (Wildman–Crippen MR) is 96.4 cm³/mol. The number of amides is 1. The van der Waals surface area contributed by atoms with Gasteiger partial charge >= 0.3 is 0 Å². The molecule has 2 aromatic rings. The summed E-state index contributed by atoms with van der Waals surface area (Å²) in [7, 11) is 0. The Labute approximate surface area is 147 Å². The lowest BCUT2D eigenvalue weighted by molar-refractivity contribution is -0.131. The average molecular weight is 342 g/mol. The highest BCUT2D eigenvalue weighted by Gasteiger charge is 2.22. The molecule has 1 saturated heterocycles. The van der Waals surface area contributed by atoms with E-state index < -0.39 is 0 Å². The van der Waals surface area contributed by atoms with Gasteiger partial charge in [0.05, 0.1) is 12.3 Å². The lowest BCUT2D eigenvalue weighted by atomic mass is 10.2. The number of benzene rings is 2. The molecule has 0 saturated carbocycles. The maximum absolute atomic E-state index is 13.8. The Balaban J connectivity index is 1.39. The van der Waals surface area contributed by atoms with E-state index in [-0.39, 0.29) is 11.7 Å². The monoisotopic (exact) mass is 342 g/mol. The normalized spacial score (nSPS) is 14.4. The van der Waals surface area contributed by atoms with E-state index in [2.05, 4.69) is 0 Å². The van der Waals surface area contributed by atoms with Crippen molar-refractivity contribution in [3.05, 3.63) is 60.4 Å². The van der Waals surface area contributed by atoms with Gasteiger partial charge < -0.3 is 14.5 Å². The molecule has 1 fully saturated rings. The van der Waals surface area contributed by atoms with Crippen molar-refractivity contribution in [3.8, 4) is 5.75 Å². The van der Waals surface area contributed by atoms with E-state index in [1.165, 1.54) is 6.07 Å². The number of ether oxygens (including phenoxy) is 1. The molecule has 1 amide bonds. The highest BCUT2D eigenvalue weighted by Crippen LogP contribution is 2.20. The van der Waals surface area contributed by atoms with E-state index in [0.29, 0.717) is 51.3 Å². The minimum Gasteiger partial charge on any atom is -0.494 e. The molecule has 25 heavy (non-hydrogen) atoms. The summed E-state index contributed by atoms with van der Waals surface area (Å²) in [4.78, 5) is 16.2. The average Bonchev–Trinajstić information content (AvgIpc) is 2.66. The summed E-state index contributed by atoms with van der Waals surface area (Å²) in [6, 6.07) is 16.4. The molecule has 5 heteroatoms. The molecule has 0 unspecified atom stereocenters. The fourth-order valence-corrected chi connectivity index (χ4v) is 2.99. The Morgan fingerprint density at radius 2 is 1.64 bits per heavy atom. The highest BCUT2D eigenvalue weighted by atomic mass is 19.1. The minimum absolute atomic E-state index is 0.143. The summed E-state index contributed by atoms with van der Waals surface area (Å²) in [5.41, 5.74) is 0.617. The van der Waals surface area contributed by atoms with Crippen LogP contribution in [0.2, 0.25) is 0 Å². The number of anilines is 1. The number of piperazine rings is 1. The smallest absolute Gasteiger partial charge is 0.222 e. The number of carbonyl (C=O) groups is 1. The Morgan fingerprint density at radius 3 is 2.36 bits per heavy atom. The second-order valence-corrected chi connectivity index (χ2v) is 6.08. The first-order valence-corrected chi connectivity index (χ1v) is 8.69. The Kier molecular flexibility index (Phi) is 5.88. The predicted octanol–water partition coefficient (Wildman–Crippen LogP) is 3.33. The zero-order chi connectivity index (χ0) is 17.5. The SMILES string of the molecule is O=C(CCCOc1ccccc1)N1CCN(c2ccccc2F)CC1. The van der Waals surface area contributed by atoms with E-state index in [1.54, 1.807) is 12.1 Å². The van der Waals surface area contributed by atoms with Gasteiger partial charge in [-0.1, -0.05) is 30.3 Å². The van der Waals surface area contributed by atoms with Crippen LogP contribution in [0.15, 0.2) is 54.6 Å². The molecule has 1 aliphatic heterocycles. The molecule has 0 radical (unpaired) electrons. The Morgan fingerprint density at radius 1 is 0.960 bits per heavy atom. The van der Waals surface area contributed by atoms with Crippen LogP contribution in [-0.2, 0) is 4.79 Å². The van der Waals surface area contributed by atoms with Crippen molar-refractivity contribution in [3.63, 3.8) is 0 Å². The van der Waals surface area contributed by atoms with Gasteiger partial charge in [-0.2, -0.15) is 0 Å². The molecule has 2 aromatic carbocycles. The second kappa shape index (κ2) is 8.51. The van der Waals surface area contributed by atoms with E-state index in [4.69, 9.17) is 4.74 Å². The van der Waals surface area contributed by atoms with Crippen LogP contribution in [0, 0.1) is 5.82 Å². The standard InChI is InChI=1S/C20H23FN2O2/c21-18-9-4-5-10-19(18)22-12-14-23(15-13-22)20(24)11-6-16-25-17-7-2-1-3-8-17/h1-5,7-10H,6,11-16H2. The maximum Gasteiger partial charge on any atom is 0.222 e. The first kappa shape index (κ1) is 17.3. The molecular weight excluding hydrogens is 319 g/mol. The molecule has 3 rings (SSSR count). The van der Waals surface area contributed by atoms with Crippen LogP contribution in [-0.4, -0.2) is 43.6 Å². The van der Waals surface area contributed by atoms with Gasteiger partial charge in [-0.05, 0) is 30.7 Å². The third-order valence-corrected chi connectivity index (χ3v) is 4.37. The van der Waals surface area contributed by atoms with Crippen molar-refractivity contribution in [2.24, 2.45) is 0 Å². The van der Waals surface area contributed by atoms with Gasteiger partial charge in [0, 0.05) is 32.6 Å². The molecule has 1 aliphatic rings. The van der Waals surface area contributed by atoms with Crippen LogP contribution in [0.5, 0.6) is 5.75 Å². The van der Waals surface area contributed by atoms with E-state index >= 15 is 0 Å². The maximum atomic E-state index is 13.8. The van der Waals surface area contributed by atoms with Crippen LogP contribution in [0.3, 0.4) is 0 Å². The fourth-order valence-electron chi connectivity index (χ4n) is 2.99. The van der Waals surface area contributed by atoms with Crippen molar-refractivity contribution < 1.29 is 13.9 Å². The molecule has 4 nitrogen and oxygen atoms in total. The quantitative estimate of drug-likeness (QED) is 0.755. The number of nitrogens with zero attached hydrogens (tertiary/aromatic N) is 2. The van der Waals surface area contributed by atoms with Gasteiger partial charge in [0.2, 0.25) is 5.91 Å². The highest BCUT2D eigenvalue weighted by molar-refractivity contribution is 5.76. The molecule has 132 valence electrons. The van der Waals surface area contributed by atoms with Gasteiger partial charge in [-0.25, -0.2) is 4.39 Å². The van der Waals surface area contributed by atoms with Crippen LogP contribution < -0.4 is 9.64 Å². The fraction of sp³-hybridized carbons (Fsp3) is 0.350. The third-order valence-electron chi connectivity index (χ3n) is 4.37. The van der Waals surface area contributed by atoms with E-state index in [1.807, 2.05) is 46.2 Å². The molecule has 0 spiro atoms. The van der Waals surface area contributed by atoms with Gasteiger partial charge in [-0.3, -0.25) is 4.79 Å². The lowest BCUT2D eigenvalue weighted by Crippen LogP contribution is -2.49. The molecular formula is C20H23FN2O2. The van der Waals surface area contributed by atoms with Crippen LogP contribution in [0.4, 0.5) is 10.1 Å². The number of hydrogen-bond acceptors (Lipinski definition) is 3.